The van der Waals surface area contributed by atoms with E-state index in [-0.39, 0.29) is 11.9 Å². The second-order valence-electron chi connectivity index (χ2n) is 4.23. The van der Waals surface area contributed by atoms with E-state index < -0.39 is 0 Å². The van der Waals surface area contributed by atoms with Crippen LogP contribution in [0.1, 0.15) is 24.3 Å². The molecule has 0 radical (unpaired) electrons. The molecule has 1 aromatic rings. The minimum absolute atomic E-state index is 0.0317. The zero-order valence-corrected chi connectivity index (χ0v) is 10.4. The molecule has 0 fully saturated rings. The predicted octanol–water partition coefficient (Wildman–Crippen LogP) is 1.06. The van der Waals surface area contributed by atoms with Gasteiger partial charge in [0.05, 0.1) is 12.6 Å². The summed E-state index contributed by atoms with van der Waals surface area (Å²) in [5.41, 5.74) is 5.86. The molecular weight excluding hydrogens is 218 g/mol. The number of amides is 1. The van der Waals surface area contributed by atoms with Crippen molar-refractivity contribution in [1.82, 2.24) is 10.3 Å². The molecule has 94 valence electrons. The van der Waals surface area contributed by atoms with Gasteiger partial charge in [-0.3, -0.25) is 4.79 Å². The topological polar surface area (TPSA) is 77.2 Å². The van der Waals surface area contributed by atoms with Gasteiger partial charge in [0, 0.05) is 7.11 Å². The van der Waals surface area contributed by atoms with Crippen LogP contribution in [0, 0.1) is 5.92 Å². The summed E-state index contributed by atoms with van der Waals surface area (Å²) in [6.07, 6.45) is 0. The first kappa shape index (κ1) is 13.4. The van der Waals surface area contributed by atoms with E-state index in [0.717, 1.165) is 0 Å². The zero-order valence-electron chi connectivity index (χ0n) is 10.4. The summed E-state index contributed by atoms with van der Waals surface area (Å²) in [5, 5.41) is 2.88. The number of hydrogen-bond acceptors (Lipinski definition) is 4. The van der Waals surface area contributed by atoms with Gasteiger partial charge < -0.3 is 15.8 Å². The van der Waals surface area contributed by atoms with Gasteiger partial charge in [0.1, 0.15) is 11.5 Å². The summed E-state index contributed by atoms with van der Waals surface area (Å²) >= 11 is 0. The fraction of sp³-hybridized carbons (Fsp3) is 0.500. The number of anilines is 1. The number of carbonyl (C=O) groups excluding carboxylic acids is 1. The number of nitrogens with two attached hydrogens (primary N) is 1. The van der Waals surface area contributed by atoms with Crippen LogP contribution in [0.2, 0.25) is 0 Å². The Morgan fingerprint density at radius 3 is 2.76 bits per heavy atom. The lowest BCUT2D eigenvalue weighted by Crippen LogP contribution is -2.42. The van der Waals surface area contributed by atoms with E-state index in [1.54, 1.807) is 25.3 Å². The monoisotopic (exact) mass is 237 g/mol. The number of carbonyl (C=O) groups is 1. The molecule has 1 amide bonds. The van der Waals surface area contributed by atoms with Crippen molar-refractivity contribution >= 4 is 11.7 Å². The predicted molar refractivity (Wildman–Crippen MR) is 66.6 cm³/mol. The molecule has 1 rings (SSSR count). The Morgan fingerprint density at radius 1 is 1.53 bits per heavy atom. The third-order valence-corrected chi connectivity index (χ3v) is 2.47. The zero-order chi connectivity index (χ0) is 12.8. The summed E-state index contributed by atoms with van der Waals surface area (Å²) in [6.45, 7) is 4.53. The Morgan fingerprint density at radius 2 is 2.24 bits per heavy atom. The fourth-order valence-electron chi connectivity index (χ4n) is 1.40. The van der Waals surface area contributed by atoms with Gasteiger partial charge in [-0.2, -0.15) is 0 Å². The second-order valence-corrected chi connectivity index (χ2v) is 4.23. The van der Waals surface area contributed by atoms with Crippen LogP contribution in [0.15, 0.2) is 18.2 Å². The summed E-state index contributed by atoms with van der Waals surface area (Å²) < 4.78 is 5.07. The van der Waals surface area contributed by atoms with E-state index in [2.05, 4.69) is 10.3 Å². The molecule has 0 aliphatic carbocycles. The highest BCUT2D eigenvalue weighted by Crippen LogP contribution is 2.05. The van der Waals surface area contributed by atoms with Gasteiger partial charge in [-0.15, -0.1) is 0 Å². The maximum Gasteiger partial charge on any atom is 0.270 e. The Hall–Kier alpha value is -1.62. The van der Waals surface area contributed by atoms with Crippen LogP contribution in [0.4, 0.5) is 5.82 Å². The molecule has 0 spiro atoms. The number of hydrogen-bond donors (Lipinski definition) is 2. The molecule has 1 unspecified atom stereocenters. The van der Waals surface area contributed by atoms with Crippen molar-refractivity contribution in [2.24, 2.45) is 5.92 Å². The number of methoxy groups -OCH3 is 1. The van der Waals surface area contributed by atoms with Crippen LogP contribution in [-0.4, -0.2) is 30.6 Å². The van der Waals surface area contributed by atoms with Crippen molar-refractivity contribution < 1.29 is 9.53 Å². The Kier molecular flexibility index (Phi) is 4.90. The number of aromatic nitrogens is 1. The summed E-state index contributed by atoms with van der Waals surface area (Å²) in [4.78, 5) is 15.9. The molecule has 1 aromatic heterocycles. The van der Waals surface area contributed by atoms with Gasteiger partial charge in [0.15, 0.2) is 0 Å². The first-order valence-electron chi connectivity index (χ1n) is 5.57. The molecule has 5 nitrogen and oxygen atoms in total. The Bertz CT molecular complexity index is 380. The molecule has 1 heterocycles. The summed E-state index contributed by atoms with van der Waals surface area (Å²) in [7, 11) is 1.61. The number of ether oxygens (including phenoxy) is 1. The van der Waals surface area contributed by atoms with Crippen LogP contribution in [0.25, 0.3) is 0 Å². The lowest BCUT2D eigenvalue weighted by Gasteiger charge is -2.21. The van der Waals surface area contributed by atoms with Gasteiger partial charge in [0.2, 0.25) is 0 Å². The van der Waals surface area contributed by atoms with Crippen LogP contribution >= 0.6 is 0 Å². The maximum absolute atomic E-state index is 11.9. The largest absolute Gasteiger partial charge is 0.384 e. The molecule has 3 N–H and O–H groups in total. The van der Waals surface area contributed by atoms with Gasteiger partial charge in [0.25, 0.3) is 5.91 Å². The van der Waals surface area contributed by atoms with Gasteiger partial charge >= 0.3 is 0 Å². The molecule has 0 bridgehead atoms. The van der Waals surface area contributed by atoms with Crippen LogP contribution < -0.4 is 11.1 Å². The van der Waals surface area contributed by atoms with Crippen molar-refractivity contribution in [1.29, 1.82) is 0 Å². The first-order chi connectivity index (χ1) is 8.04. The molecule has 0 aromatic carbocycles. The first-order valence-corrected chi connectivity index (χ1v) is 5.57. The average molecular weight is 237 g/mol. The molecule has 0 aliphatic heterocycles. The third kappa shape index (κ3) is 4.03. The smallest absolute Gasteiger partial charge is 0.270 e. The summed E-state index contributed by atoms with van der Waals surface area (Å²) in [5.74, 6) is 0.401. The van der Waals surface area contributed by atoms with E-state index >= 15 is 0 Å². The van der Waals surface area contributed by atoms with Crippen molar-refractivity contribution in [3.05, 3.63) is 23.9 Å². The van der Waals surface area contributed by atoms with Crippen LogP contribution in [0.3, 0.4) is 0 Å². The second kappa shape index (κ2) is 6.20. The number of rotatable bonds is 5. The quantitative estimate of drug-likeness (QED) is 0.803. The number of pyridine rings is 1. The molecule has 5 heteroatoms. The van der Waals surface area contributed by atoms with Gasteiger partial charge in [-0.05, 0) is 18.1 Å². The average Bonchev–Trinajstić information content (AvgIpc) is 2.28. The van der Waals surface area contributed by atoms with E-state index in [4.69, 9.17) is 10.5 Å². The lowest BCUT2D eigenvalue weighted by molar-refractivity contribution is 0.0862. The molecule has 1 atom stereocenters. The molecule has 17 heavy (non-hydrogen) atoms. The van der Waals surface area contributed by atoms with Crippen molar-refractivity contribution in [2.75, 3.05) is 19.5 Å². The van der Waals surface area contributed by atoms with Gasteiger partial charge in [-0.1, -0.05) is 19.9 Å². The highest BCUT2D eigenvalue weighted by Gasteiger charge is 2.17. The highest BCUT2D eigenvalue weighted by molar-refractivity contribution is 5.92. The molecule has 0 saturated heterocycles. The van der Waals surface area contributed by atoms with Crippen LogP contribution in [-0.2, 0) is 4.74 Å². The third-order valence-electron chi connectivity index (χ3n) is 2.47. The Labute approximate surface area is 101 Å². The van der Waals surface area contributed by atoms with Crippen LogP contribution in [0.5, 0.6) is 0 Å². The molecule has 0 aliphatic rings. The van der Waals surface area contributed by atoms with Crippen molar-refractivity contribution in [3.63, 3.8) is 0 Å². The summed E-state index contributed by atoms with van der Waals surface area (Å²) in [6, 6.07) is 4.95. The highest BCUT2D eigenvalue weighted by atomic mass is 16.5. The number of nitrogens with one attached hydrogen (secondary N) is 1. The van der Waals surface area contributed by atoms with E-state index in [9.17, 15) is 4.79 Å². The minimum Gasteiger partial charge on any atom is -0.384 e. The lowest BCUT2D eigenvalue weighted by atomic mass is 10.1. The van der Waals surface area contributed by atoms with E-state index in [0.29, 0.717) is 24.0 Å². The van der Waals surface area contributed by atoms with E-state index in [1.807, 2.05) is 13.8 Å². The van der Waals surface area contributed by atoms with Gasteiger partial charge in [-0.25, -0.2) is 4.98 Å². The fourth-order valence-corrected chi connectivity index (χ4v) is 1.40. The molecule has 0 saturated carbocycles. The van der Waals surface area contributed by atoms with Crippen molar-refractivity contribution in [3.8, 4) is 0 Å². The minimum atomic E-state index is -0.229. The normalized spacial score (nSPS) is 12.5. The maximum atomic E-state index is 11.9. The van der Waals surface area contributed by atoms with E-state index in [1.165, 1.54) is 0 Å². The van der Waals surface area contributed by atoms with Crippen molar-refractivity contribution in [2.45, 2.75) is 19.9 Å². The number of nitrogen functional groups attached to an aromatic ring is 1. The molecular formula is C12H19N3O2. The number of nitrogens with zero attached hydrogens (tertiary/aromatic N) is 1. The standard InChI is InChI=1S/C12H19N3O2/c1-8(2)10(7-17-3)15-12(16)9-5-4-6-11(13)14-9/h4-6,8,10H,7H2,1-3H3,(H2,13,14)(H,15,16). The Balaban J connectivity index is 2.70. The SMILES string of the molecule is COCC(NC(=O)c1cccc(N)n1)C(C)C.